The maximum atomic E-state index is 12.5. The summed E-state index contributed by atoms with van der Waals surface area (Å²) in [5.41, 5.74) is 6.45. The first kappa shape index (κ1) is 15.3. The number of aromatic nitrogens is 1. The van der Waals surface area contributed by atoms with E-state index in [0.717, 1.165) is 17.7 Å². The van der Waals surface area contributed by atoms with Crippen molar-refractivity contribution in [3.63, 3.8) is 0 Å². The lowest BCUT2D eigenvalue weighted by Gasteiger charge is -2.15. The molecule has 0 saturated heterocycles. The van der Waals surface area contributed by atoms with Gasteiger partial charge < -0.3 is 10.3 Å². The number of aryl methyl sites for hydroxylation is 1. The molecule has 2 N–H and O–H groups in total. The van der Waals surface area contributed by atoms with Gasteiger partial charge in [-0.1, -0.05) is 12.1 Å². The Bertz CT molecular complexity index is 675. The van der Waals surface area contributed by atoms with Gasteiger partial charge in [-0.2, -0.15) is 13.2 Å². The molecule has 3 nitrogen and oxygen atoms in total. The summed E-state index contributed by atoms with van der Waals surface area (Å²) in [6.45, 7) is 2.02. The first-order chi connectivity index (χ1) is 9.77. The SMILES string of the molecule is Cc1ccn(CC(N)c2ccc(C(F)(F)F)cc2)c(=O)c1. The van der Waals surface area contributed by atoms with Crippen LogP contribution >= 0.6 is 0 Å². The number of pyridine rings is 1. The van der Waals surface area contributed by atoms with Crippen LogP contribution in [0, 0.1) is 6.92 Å². The zero-order valence-corrected chi connectivity index (χ0v) is 11.4. The van der Waals surface area contributed by atoms with Crippen molar-refractivity contribution in [3.8, 4) is 0 Å². The first-order valence-corrected chi connectivity index (χ1v) is 6.37. The lowest BCUT2D eigenvalue weighted by molar-refractivity contribution is -0.137. The zero-order valence-electron chi connectivity index (χ0n) is 11.4. The molecule has 0 saturated carbocycles. The van der Waals surface area contributed by atoms with Crippen LogP contribution in [0.5, 0.6) is 0 Å². The number of rotatable bonds is 3. The Morgan fingerprint density at radius 3 is 2.33 bits per heavy atom. The summed E-state index contributed by atoms with van der Waals surface area (Å²) in [6, 6.07) is 7.38. The zero-order chi connectivity index (χ0) is 15.6. The monoisotopic (exact) mass is 296 g/mol. The van der Waals surface area contributed by atoms with Crippen LogP contribution in [0.4, 0.5) is 13.2 Å². The average molecular weight is 296 g/mol. The van der Waals surface area contributed by atoms with Crippen LogP contribution in [0.1, 0.15) is 22.7 Å². The van der Waals surface area contributed by atoms with Gasteiger partial charge in [-0.25, -0.2) is 0 Å². The molecule has 0 radical (unpaired) electrons. The van der Waals surface area contributed by atoms with Crippen LogP contribution in [0.2, 0.25) is 0 Å². The van der Waals surface area contributed by atoms with Gasteiger partial charge in [0.1, 0.15) is 0 Å². The Morgan fingerprint density at radius 1 is 1.19 bits per heavy atom. The van der Waals surface area contributed by atoms with Gasteiger partial charge in [0.05, 0.1) is 5.56 Å². The molecule has 21 heavy (non-hydrogen) atoms. The predicted octanol–water partition coefficient (Wildman–Crippen LogP) is 2.88. The van der Waals surface area contributed by atoms with Gasteiger partial charge in [0.25, 0.3) is 5.56 Å². The van der Waals surface area contributed by atoms with Crippen molar-refractivity contribution in [1.82, 2.24) is 4.57 Å². The van der Waals surface area contributed by atoms with E-state index in [4.69, 9.17) is 5.73 Å². The fourth-order valence-electron chi connectivity index (χ4n) is 1.99. The standard InChI is InChI=1S/C15H15F3N2O/c1-10-6-7-20(14(21)8-10)9-13(19)11-2-4-12(5-3-11)15(16,17)18/h2-8,13H,9,19H2,1H3. The fraction of sp³-hybridized carbons (Fsp3) is 0.267. The highest BCUT2D eigenvalue weighted by molar-refractivity contribution is 5.26. The van der Waals surface area contributed by atoms with Crippen molar-refractivity contribution in [1.29, 1.82) is 0 Å². The van der Waals surface area contributed by atoms with Gasteiger partial charge in [0.15, 0.2) is 0 Å². The highest BCUT2D eigenvalue weighted by Gasteiger charge is 2.30. The molecule has 0 fully saturated rings. The van der Waals surface area contributed by atoms with Crippen LogP contribution in [0.25, 0.3) is 0 Å². The van der Waals surface area contributed by atoms with Crippen molar-refractivity contribution in [2.45, 2.75) is 25.7 Å². The van der Waals surface area contributed by atoms with E-state index in [1.807, 2.05) is 6.92 Å². The summed E-state index contributed by atoms with van der Waals surface area (Å²) >= 11 is 0. The van der Waals surface area contributed by atoms with E-state index in [0.29, 0.717) is 5.56 Å². The number of alkyl halides is 3. The molecular formula is C15H15F3N2O. The molecule has 0 spiro atoms. The number of halogens is 3. The molecule has 1 heterocycles. The molecular weight excluding hydrogens is 281 g/mol. The van der Waals surface area contributed by atoms with Crippen molar-refractivity contribution in [2.75, 3.05) is 0 Å². The number of nitrogens with two attached hydrogens (primary N) is 1. The van der Waals surface area contributed by atoms with Crippen LogP contribution in [-0.2, 0) is 12.7 Å². The molecule has 2 aromatic rings. The number of benzene rings is 1. The normalized spacial score (nSPS) is 13.2. The Balaban J connectivity index is 2.17. The van der Waals surface area contributed by atoms with Crippen molar-refractivity contribution >= 4 is 0 Å². The highest BCUT2D eigenvalue weighted by atomic mass is 19.4. The molecule has 0 amide bonds. The summed E-state index contributed by atoms with van der Waals surface area (Å²) in [5.74, 6) is 0. The lowest BCUT2D eigenvalue weighted by Crippen LogP contribution is -2.26. The highest BCUT2D eigenvalue weighted by Crippen LogP contribution is 2.29. The molecule has 1 unspecified atom stereocenters. The summed E-state index contributed by atoms with van der Waals surface area (Å²) in [6.07, 6.45) is -2.74. The molecule has 2 rings (SSSR count). The molecule has 1 aromatic heterocycles. The van der Waals surface area contributed by atoms with E-state index in [1.54, 1.807) is 12.3 Å². The first-order valence-electron chi connectivity index (χ1n) is 6.37. The van der Waals surface area contributed by atoms with Crippen LogP contribution in [0.3, 0.4) is 0 Å². The topological polar surface area (TPSA) is 48.0 Å². The van der Waals surface area contributed by atoms with Crippen LogP contribution in [-0.4, -0.2) is 4.57 Å². The van der Waals surface area contributed by atoms with Gasteiger partial charge in [-0.15, -0.1) is 0 Å². The second-order valence-corrected chi connectivity index (χ2v) is 4.92. The Kier molecular flexibility index (Phi) is 4.18. The quantitative estimate of drug-likeness (QED) is 0.946. The smallest absolute Gasteiger partial charge is 0.322 e. The van der Waals surface area contributed by atoms with E-state index in [2.05, 4.69) is 0 Å². The third-order valence-electron chi connectivity index (χ3n) is 3.21. The van der Waals surface area contributed by atoms with Crippen molar-refractivity contribution in [3.05, 3.63) is 69.6 Å². The third-order valence-corrected chi connectivity index (χ3v) is 3.21. The minimum Gasteiger partial charge on any atom is -0.322 e. The second kappa shape index (κ2) is 5.73. The van der Waals surface area contributed by atoms with E-state index in [-0.39, 0.29) is 12.1 Å². The maximum Gasteiger partial charge on any atom is 0.416 e. The van der Waals surface area contributed by atoms with Crippen molar-refractivity contribution < 1.29 is 13.2 Å². The minimum atomic E-state index is -4.36. The predicted molar refractivity (Wildman–Crippen MR) is 73.8 cm³/mol. The van der Waals surface area contributed by atoms with Gasteiger partial charge >= 0.3 is 6.18 Å². The van der Waals surface area contributed by atoms with Gasteiger partial charge in [0, 0.05) is 24.8 Å². The average Bonchev–Trinajstić information content (AvgIpc) is 2.41. The third kappa shape index (κ3) is 3.72. The fourth-order valence-corrected chi connectivity index (χ4v) is 1.99. The number of hydrogen-bond acceptors (Lipinski definition) is 2. The molecule has 6 heteroatoms. The molecule has 0 aliphatic heterocycles. The molecule has 1 atom stereocenters. The lowest BCUT2D eigenvalue weighted by atomic mass is 10.1. The molecule has 1 aromatic carbocycles. The van der Waals surface area contributed by atoms with Gasteiger partial charge in [-0.05, 0) is 36.2 Å². The van der Waals surface area contributed by atoms with E-state index in [9.17, 15) is 18.0 Å². The minimum absolute atomic E-state index is 0.183. The molecule has 0 bridgehead atoms. The number of nitrogens with zero attached hydrogens (tertiary/aromatic N) is 1. The summed E-state index contributed by atoms with van der Waals surface area (Å²) in [5, 5.41) is 0. The van der Waals surface area contributed by atoms with Crippen molar-refractivity contribution in [2.24, 2.45) is 5.73 Å². The van der Waals surface area contributed by atoms with Crippen LogP contribution < -0.4 is 11.3 Å². The Morgan fingerprint density at radius 2 is 1.81 bits per heavy atom. The van der Waals surface area contributed by atoms with E-state index >= 15 is 0 Å². The largest absolute Gasteiger partial charge is 0.416 e. The maximum absolute atomic E-state index is 12.5. The molecule has 0 aliphatic carbocycles. The Hall–Kier alpha value is -2.08. The summed E-state index contributed by atoms with van der Waals surface area (Å²) < 4.78 is 38.9. The number of hydrogen-bond donors (Lipinski definition) is 1. The molecule has 0 aliphatic rings. The second-order valence-electron chi connectivity index (χ2n) is 4.92. The Labute approximate surface area is 119 Å². The van der Waals surface area contributed by atoms with Crippen LogP contribution in [0.15, 0.2) is 47.4 Å². The van der Waals surface area contributed by atoms with Gasteiger partial charge in [0.2, 0.25) is 0 Å². The van der Waals surface area contributed by atoms with E-state index in [1.165, 1.54) is 22.8 Å². The van der Waals surface area contributed by atoms with E-state index < -0.39 is 17.8 Å². The molecule has 112 valence electrons. The van der Waals surface area contributed by atoms with Gasteiger partial charge in [-0.3, -0.25) is 4.79 Å². The summed E-state index contributed by atoms with van der Waals surface area (Å²) in [4.78, 5) is 11.8. The summed E-state index contributed by atoms with van der Waals surface area (Å²) in [7, 11) is 0.